The minimum Gasteiger partial charge on any atom is -0.497 e. The summed E-state index contributed by atoms with van der Waals surface area (Å²) in [4.78, 5) is 54.9. The lowest BCUT2D eigenvalue weighted by atomic mass is 10.0. The summed E-state index contributed by atoms with van der Waals surface area (Å²) in [6.45, 7) is 1.43. The fourth-order valence-electron chi connectivity index (χ4n) is 3.84. The Labute approximate surface area is 260 Å². The highest BCUT2D eigenvalue weighted by atomic mass is 79.9. The second-order valence-electron chi connectivity index (χ2n) is 7.98. The zero-order valence-corrected chi connectivity index (χ0v) is 27.2. The SMILES string of the molecule is COc1ccc(C(=O)[C@@H](C)N(C(=O)c2ccc(Cl)c(Cl)c2)N2C(=O)c3c(Br)c(Br)c(Br)c(Br)c3C2=O)cc1. The molecule has 3 aromatic rings. The third kappa shape index (κ3) is 4.97. The topological polar surface area (TPSA) is 84.0 Å². The second kappa shape index (κ2) is 11.4. The highest BCUT2D eigenvalue weighted by Gasteiger charge is 2.48. The fourth-order valence-corrected chi connectivity index (χ4v) is 6.60. The molecule has 1 aliphatic heterocycles. The van der Waals surface area contributed by atoms with Crippen LogP contribution < -0.4 is 4.74 Å². The average molecular weight is 813 g/mol. The summed E-state index contributed by atoms with van der Waals surface area (Å²) >= 11 is 25.7. The first kappa shape index (κ1) is 29.2. The van der Waals surface area contributed by atoms with Gasteiger partial charge in [-0.1, -0.05) is 23.2 Å². The lowest BCUT2D eigenvalue weighted by Crippen LogP contribution is -2.56. The molecule has 0 spiro atoms. The number of carbonyl (C=O) groups excluding carboxylic acids is 4. The van der Waals surface area contributed by atoms with Crippen molar-refractivity contribution in [2.75, 3.05) is 7.11 Å². The molecule has 0 radical (unpaired) electrons. The van der Waals surface area contributed by atoms with E-state index in [0.29, 0.717) is 28.6 Å². The molecule has 196 valence electrons. The number of rotatable bonds is 6. The van der Waals surface area contributed by atoms with Gasteiger partial charge in [-0.25, -0.2) is 5.01 Å². The van der Waals surface area contributed by atoms with E-state index >= 15 is 0 Å². The van der Waals surface area contributed by atoms with Gasteiger partial charge < -0.3 is 4.74 Å². The average Bonchev–Trinajstić information content (AvgIpc) is 3.17. The molecular weight excluding hydrogens is 799 g/mol. The number of ether oxygens (including phenoxy) is 1. The van der Waals surface area contributed by atoms with Crippen molar-refractivity contribution in [1.29, 1.82) is 0 Å². The van der Waals surface area contributed by atoms with Gasteiger partial charge in [-0.3, -0.25) is 19.2 Å². The van der Waals surface area contributed by atoms with Crippen LogP contribution in [0.3, 0.4) is 0 Å². The Bertz CT molecular complexity index is 1480. The fraction of sp³-hybridized carbons (Fsp3) is 0.120. The molecule has 0 saturated heterocycles. The number of imide groups is 1. The summed E-state index contributed by atoms with van der Waals surface area (Å²) in [7, 11) is 1.49. The van der Waals surface area contributed by atoms with E-state index in [1.54, 1.807) is 12.1 Å². The van der Waals surface area contributed by atoms with Crippen LogP contribution in [-0.2, 0) is 0 Å². The van der Waals surface area contributed by atoms with Crippen molar-refractivity contribution in [2.24, 2.45) is 0 Å². The Morgan fingerprint density at radius 1 is 0.816 bits per heavy atom. The summed E-state index contributed by atoms with van der Waals surface area (Å²) in [5, 5.41) is 1.82. The van der Waals surface area contributed by atoms with Gasteiger partial charge in [-0.15, -0.1) is 0 Å². The van der Waals surface area contributed by atoms with Gasteiger partial charge in [0.05, 0.1) is 28.3 Å². The summed E-state index contributed by atoms with van der Waals surface area (Å²) < 4.78 is 6.72. The lowest BCUT2D eigenvalue weighted by molar-refractivity contribution is -0.00685. The molecule has 4 rings (SSSR count). The van der Waals surface area contributed by atoms with Crippen molar-refractivity contribution >= 4 is 110 Å². The van der Waals surface area contributed by atoms with Crippen molar-refractivity contribution in [1.82, 2.24) is 10.0 Å². The number of hydrogen-bond acceptors (Lipinski definition) is 5. The predicted molar refractivity (Wildman–Crippen MR) is 157 cm³/mol. The number of halogens is 6. The zero-order chi connectivity index (χ0) is 28.0. The van der Waals surface area contributed by atoms with Crippen LogP contribution in [0.5, 0.6) is 5.75 Å². The van der Waals surface area contributed by atoms with Crippen LogP contribution in [-0.4, -0.2) is 46.7 Å². The number of methoxy groups -OCH3 is 1. The summed E-state index contributed by atoms with van der Waals surface area (Å²) in [6.07, 6.45) is 0. The van der Waals surface area contributed by atoms with E-state index in [2.05, 4.69) is 63.7 Å². The number of nitrogens with zero attached hydrogens (tertiary/aromatic N) is 2. The van der Waals surface area contributed by atoms with Crippen LogP contribution in [0.2, 0.25) is 10.0 Å². The van der Waals surface area contributed by atoms with Crippen molar-refractivity contribution in [3.05, 3.63) is 92.7 Å². The molecule has 1 heterocycles. The Morgan fingerprint density at radius 3 is 1.79 bits per heavy atom. The second-order valence-corrected chi connectivity index (χ2v) is 12.0. The first-order chi connectivity index (χ1) is 17.9. The molecule has 0 aliphatic carbocycles. The Balaban J connectivity index is 1.87. The van der Waals surface area contributed by atoms with Crippen LogP contribution in [0.1, 0.15) is 48.4 Å². The number of carbonyl (C=O) groups is 4. The van der Waals surface area contributed by atoms with Gasteiger partial charge in [0.15, 0.2) is 5.78 Å². The molecule has 3 amide bonds. The number of Topliss-reactive ketones (excluding diaryl/α,β-unsaturated/α-hetero) is 1. The number of ketones is 1. The van der Waals surface area contributed by atoms with E-state index < -0.39 is 29.5 Å². The Morgan fingerprint density at radius 2 is 1.32 bits per heavy atom. The quantitative estimate of drug-likeness (QED) is 0.109. The molecule has 1 aliphatic rings. The van der Waals surface area contributed by atoms with Crippen molar-refractivity contribution in [3.8, 4) is 5.75 Å². The van der Waals surface area contributed by atoms with Crippen LogP contribution >= 0.6 is 86.9 Å². The van der Waals surface area contributed by atoms with Gasteiger partial charge in [0.25, 0.3) is 17.7 Å². The molecule has 0 fully saturated rings. The van der Waals surface area contributed by atoms with Gasteiger partial charge >= 0.3 is 0 Å². The molecule has 0 N–H and O–H groups in total. The van der Waals surface area contributed by atoms with Crippen molar-refractivity contribution in [2.45, 2.75) is 13.0 Å². The number of fused-ring (bicyclic) bond motifs is 1. The smallest absolute Gasteiger partial charge is 0.282 e. The largest absolute Gasteiger partial charge is 0.497 e. The molecule has 7 nitrogen and oxygen atoms in total. The first-order valence-electron chi connectivity index (χ1n) is 10.6. The van der Waals surface area contributed by atoms with Crippen molar-refractivity contribution in [3.63, 3.8) is 0 Å². The van der Waals surface area contributed by atoms with E-state index in [1.807, 2.05) is 0 Å². The molecule has 0 saturated carbocycles. The summed E-state index contributed by atoms with van der Waals surface area (Å²) in [5.41, 5.74) is 0.307. The van der Waals surface area contributed by atoms with E-state index in [4.69, 9.17) is 27.9 Å². The van der Waals surface area contributed by atoms with Gasteiger partial charge in [0.2, 0.25) is 0 Å². The third-order valence-corrected chi connectivity index (χ3v) is 11.3. The third-order valence-electron chi connectivity index (χ3n) is 5.79. The van der Waals surface area contributed by atoms with Gasteiger partial charge in [0, 0.05) is 29.0 Å². The highest BCUT2D eigenvalue weighted by Crippen LogP contribution is 2.46. The molecule has 0 bridgehead atoms. The monoisotopic (exact) mass is 808 g/mol. The normalized spacial score (nSPS) is 13.4. The molecule has 1 atom stereocenters. The van der Waals surface area contributed by atoms with Crippen LogP contribution in [0, 0.1) is 0 Å². The standard InChI is InChI=1S/C25H14Br4Cl2N2O5/c1-10(22(34)11-3-6-13(38-2)7-4-11)32(23(35)12-5-8-14(30)15(31)9-12)33-24(36)16-17(25(33)37)19(27)21(29)20(28)18(16)26/h3-10H,1-2H3/t10-/m1/s1. The van der Waals surface area contributed by atoms with Crippen LogP contribution in [0.15, 0.2) is 60.4 Å². The predicted octanol–water partition coefficient (Wildman–Crippen LogP) is 7.98. The molecule has 38 heavy (non-hydrogen) atoms. The van der Waals surface area contributed by atoms with Crippen LogP contribution in [0.4, 0.5) is 0 Å². The Kier molecular flexibility index (Phi) is 8.76. The van der Waals surface area contributed by atoms with Crippen molar-refractivity contribution < 1.29 is 23.9 Å². The molecule has 3 aromatic carbocycles. The Hall–Kier alpha value is -1.76. The minimum atomic E-state index is -1.28. The molecule has 0 unspecified atom stereocenters. The van der Waals surface area contributed by atoms with E-state index in [9.17, 15) is 19.2 Å². The maximum Gasteiger partial charge on any atom is 0.282 e. The van der Waals surface area contributed by atoms with E-state index in [1.165, 1.54) is 44.4 Å². The number of amides is 3. The zero-order valence-electron chi connectivity index (χ0n) is 19.3. The maximum absolute atomic E-state index is 13.9. The number of hydrazine groups is 1. The number of hydrogen-bond donors (Lipinski definition) is 0. The van der Waals surface area contributed by atoms with Gasteiger partial charge in [-0.05, 0) is 113 Å². The minimum absolute atomic E-state index is 0.0193. The van der Waals surface area contributed by atoms with Gasteiger partial charge in [-0.2, -0.15) is 5.01 Å². The van der Waals surface area contributed by atoms with E-state index in [0.717, 1.165) is 5.01 Å². The van der Waals surface area contributed by atoms with Gasteiger partial charge in [0.1, 0.15) is 11.8 Å². The lowest BCUT2D eigenvalue weighted by Gasteiger charge is -2.34. The van der Waals surface area contributed by atoms with E-state index in [-0.39, 0.29) is 32.3 Å². The summed E-state index contributed by atoms with van der Waals surface area (Å²) in [6, 6.07) is 9.08. The maximum atomic E-state index is 13.9. The molecular formula is C25H14Br4Cl2N2O5. The first-order valence-corrected chi connectivity index (χ1v) is 14.5. The molecule has 13 heteroatoms. The molecule has 0 aromatic heterocycles. The highest BCUT2D eigenvalue weighted by molar-refractivity contribution is 9.15. The summed E-state index contributed by atoms with van der Waals surface area (Å²) in [5.74, 6) is -2.39. The van der Waals surface area contributed by atoms with Crippen LogP contribution in [0.25, 0.3) is 0 Å². The number of benzene rings is 3.